The monoisotopic (exact) mass is 315 g/mol. The van der Waals surface area contributed by atoms with Crippen molar-refractivity contribution in [2.24, 2.45) is 5.10 Å². The fourth-order valence-corrected chi connectivity index (χ4v) is 2.02. The second kappa shape index (κ2) is 8.20. The second-order valence-corrected chi connectivity index (χ2v) is 5.11. The van der Waals surface area contributed by atoms with Crippen LogP contribution in [-0.4, -0.2) is 18.2 Å². The number of hydrazone groups is 1. The Balaban J connectivity index is 1.91. The van der Waals surface area contributed by atoms with Crippen molar-refractivity contribution in [2.75, 3.05) is 11.9 Å². The average Bonchev–Trinajstić information content (AvgIpc) is 2.56. The van der Waals surface area contributed by atoms with Gasteiger partial charge in [0, 0.05) is 10.7 Å². The Morgan fingerprint density at radius 1 is 1.09 bits per heavy atom. The highest BCUT2D eigenvalue weighted by Crippen LogP contribution is 2.11. The Morgan fingerprint density at radius 2 is 1.77 bits per heavy atom. The number of amides is 1. The van der Waals surface area contributed by atoms with E-state index in [1.807, 2.05) is 49.4 Å². The van der Waals surface area contributed by atoms with Gasteiger partial charge in [-0.15, -0.1) is 0 Å². The predicted molar refractivity (Wildman–Crippen MR) is 91.4 cm³/mol. The number of anilines is 1. The van der Waals surface area contributed by atoms with Gasteiger partial charge in [-0.3, -0.25) is 4.79 Å². The van der Waals surface area contributed by atoms with Crippen molar-refractivity contribution < 1.29 is 4.79 Å². The molecule has 0 aliphatic carbocycles. The first-order chi connectivity index (χ1) is 10.7. The van der Waals surface area contributed by atoms with Gasteiger partial charge in [0.1, 0.15) is 0 Å². The van der Waals surface area contributed by atoms with E-state index in [4.69, 9.17) is 11.6 Å². The van der Waals surface area contributed by atoms with Crippen LogP contribution in [0.25, 0.3) is 0 Å². The normalized spacial score (nSPS) is 11.1. The zero-order valence-electron chi connectivity index (χ0n) is 12.3. The van der Waals surface area contributed by atoms with E-state index in [1.165, 1.54) is 0 Å². The SMILES string of the molecule is CC/C(=N\NC(=O)CNc1ccccc1)c1ccc(Cl)cc1. The molecule has 4 nitrogen and oxygen atoms in total. The number of carbonyl (C=O) groups excluding carboxylic acids is 1. The first-order valence-corrected chi connectivity index (χ1v) is 7.47. The van der Waals surface area contributed by atoms with E-state index < -0.39 is 0 Å². The second-order valence-electron chi connectivity index (χ2n) is 4.67. The van der Waals surface area contributed by atoms with Crippen LogP contribution in [0.15, 0.2) is 59.7 Å². The molecule has 0 saturated carbocycles. The Kier molecular flexibility index (Phi) is 5.98. The van der Waals surface area contributed by atoms with Gasteiger partial charge < -0.3 is 5.32 Å². The Hall–Kier alpha value is -2.33. The van der Waals surface area contributed by atoms with Crippen molar-refractivity contribution >= 4 is 28.9 Å². The third-order valence-electron chi connectivity index (χ3n) is 3.05. The number of nitrogens with one attached hydrogen (secondary N) is 2. The molecule has 5 heteroatoms. The summed E-state index contributed by atoms with van der Waals surface area (Å²) in [6.07, 6.45) is 0.716. The zero-order valence-corrected chi connectivity index (χ0v) is 13.1. The number of halogens is 1. The predicted octanol–water partition coefficient (Wildman–Crippen LogP) is 3.68. The molecule has 0 radical (unpaired) electrons. The van der Waals surface area contributed by atoms with E-state index in [2.05, 4.69) is 15.8 Å². The maximum Gasteiger partial charge on any atom is 0.259 e. The van der Waals surface area contributed by atoms with Crippen molar-refractivity contribution in [1.29, 1.82) is 0 Å². The van der Waals surface area contributed by atoms with E-state index in [0.29, 0.717) is 11.4 Å². The third kappa shape index (κ3) is 4.90. The Labute approximate surface area is 135 Å². The summed E-state index contributed by atoms with van der Waals surface area (Å²) in [7, 11) is 0. The zero-order chi connectivity index (χ0) is 15.8. The van der Waals surface area contributed by atoms with Crippen molar-refractivity contribution in [3.05, 3.63) is 65.2 Å². The van der Waals surface area contributed by atoms with Gasteiger partial charge in [0.15, 0.2) is 0 Å². The molecule has 2 N–H and O–H groups in total. The lowest BCUT2D eigenvalue weighted by Gasteiger charge is -2.07. The standard InChI is InChI=1S/C17H18ClN3O/c1-2-16(13-8-10-14(18)11-9-13)20-21-17(22)12-19-15-6-4-3-5-7-15/h3-11,19H,2,12H2,1H3,(H,21,22)/b20-16+. The molecule has 2 aromatic carbocycles. The summed E-state index contributed by atoms with van der Waals surface area (Å²) >= 11 is 5.87. The van der Waals surface area contributed by atoms with Gasteiger partial charge in [-0.2, -0.15) is 5.10 Å². The third-order valence-corrected chi connectivity index (χ3v) is 3.31. The van der Waals surface area contributed by atoms with Crippen LogP contribution in [-0.2, 0) is 4.79 Å². The molecule has 0 atom stereocenters. The molecule has 0 aliphatic rings. The van der Waals surface area contributed by atoms with E-state index in [-0.39, 0.29) is 12.5 Å². The number of nitrogens with zero attached hydrogens (tertiary/aromatic N) is 1. The van der Waals surface area contributed by atoms with E-state index in [0.717, 1.165) is 17.0 Å². The van der Waals surface area contributed by atoms with Crippen molar-refractivity contribution in [3.63, 3.8) is 0 Å². The summed E-state index contributed by atoms with van der Waals surface area (Å²) in [5.41, 5.74) is 5.23. The van der Waals surface area contributed by atoms with Gasteiger partial charge in [-0.1, -0.05) is 48.9 Å². The number of carbonyl (C=O) groups is 1. The molecule has 0 aliphatic heterocycles. The fraction of sp³-hybridized carbons (Fsp3) is 0.176. The molecule has 0 spiro atoms. The lowest BCUT2D eigenvalue weighted by atomic mass is 10.1. The first kappa shape index (κ1) is 16.0. The van der Waals surface area contributed by atoms with Crippen molar-refractivity contribution in [1.82, 2.24) is 5.43 Å². The van der Waals surface area contributed by atoms with Gasteiger partial charge in [0.2, 0.25) is 0 Å². The minimum absolute atomic E-state index is 0.172. The fourth-order valence-electron chi connectivity index (χ4n) is 1.90. The summed E-state index contributed by atoms with van der Waals surface area (Å²) in [4.78, 5) is 11.8. The molecular weight excluding hydrogens is 298 g/mol. The average molecular weight is 316 g/mol. The molecule has 0 aromatic heterocycles. The van der Waals surface area contributed by atoms with E-state index in [1.54, 1.807) is 12.1 Å². The highest BCUT2D eigenvalue weighted by atomic mass is 35.5. The minimum Gasteiger partial charge on any atom is -0.376 e. The lowest BCUT2D eigenvalue weighted by Crippen LogP contribution is -2.27. The smallest absolute Gasteiger partial charge is 0.259 e. The number of benzene rings is 2. The lowest BCUT2D eigenvalue weighted by molar-refractivity contribution is -0.119. The highest BCUT2D eigenvalue weighted by Gasteiger charge is 2.04. The topological polar surface area (TPSA) is 53.5 Å². The van der Waals surface area contributed by atoms with Gasteiger partial charge in [-0.05, 0) is 36.2 Å². The number of rotatable bonds is 6. The first-order valence-electron chi connectivity index (χ1n) is 7.09. The van der Waals surface area contributed by atoms with Crippen LogP contribution < -0.4 is 10.7 Å². The summed E-state index contributed by atoms with van der Waals surface area (Å²) in [5.74, 6) is -0.191. The molecule has 0 bridgehead atoms. The number of hydrogen-bond donors (Lipinski definition) is 2. The molecular formula is C17H18ClN3O. The number of para-hydroxylation sites is 1. The highest BCUT2D eigenvalue weighted by molar-refractivity contribution is 6.30. The Morgan fingerprint density at radius 3 is 2.41 bits per heavy atom. The summed E-state index contributed by atoms with van der Waals surface area (Å²) < 4.78 is 0. The van der Waals surface area contributed by atoms with Crippen molar-refractivity contribution in [2.45, 2.75) is 13.3 Å². The van der Waals surface area contributed by atoms with Gasteiger partial charge >= 0.3 is 0 Å². The maximum atomic E-state index is 11.8. The maximum absolute atomic E-state index is 11.8. The minimum atomic E-state index is -0.191. The van der Waals surface area contributed by atoms with Crippen LogP contribution in [0.5, 0.6) is 0 Å². The van der Waals surface area contributed by atoms with Crippen LogP contribution >= 0.6 is 11.6 Å². The molecule has 0 fully saturated rings. The molecule has 2 aromatic rings. The number of hydrogen-bond acceptors (Lipinski definition) is 3. The van der Waals surface area contributed by atoms with E-state index in [9.17, 15) is 4.79 Å². The Bertz CT molecular complexity index is 639. The molecule has 2 rings (SSSR count). The summed E-state index contributed by atoms with van der Waals surface area (Å²) in [6, 6.07) is 16.9. The van der Waals surface area contributed by atoms with Crippen LogP contribution in [0.2, 0.25) is 5.02 Å². The molecule has 22 heavy (non-hydrogen) atoms. The van der Waals surface area contributed by atoms with Crippen LogP contribution in [0.1, 0.15) is 18.9 Å². The molecule has 1 amide bonds. The molecule has 0 saturated heterocycles. The van der Waals surface area contributed by atoms with E-state index >= 15 is 0 Å². The van der Waals surface area contributed by atoms with Crippen LogP contribution in [0.3, 0.4) is 0 Å². The van der Waals surface area contributed by atoms with Gasteiger partial charge in [0.05, 0.1) is 12.3 Å². The summed E-state index contributed by atoms with van der Waals surface area (Å²) in [6.45, 7) is 2.16. The van der Waals surface area contributed by atoms with Crippen LogP contribution in [0.4, 0.5) is 5.69 Å². The quantitative estimate of drug-likeness (QED) is 0.631. The molecule has 0 heterocycles. The van der Waals surface area contributed by atoms with Gasteiger partial charge in [0.25, 0.3) is 5.91 Å². The van der Waals surface area contributed by atoms with Gasteiger partial charge in [-0.25, -0.2) is 5.43 Å². The van der Waals surface area contributed by atoms with Crippen molar-refractivity contribution in [3.8, 4) is 0 Å². The van der Waals surface area contributed by atoms with Crippen LogP contribution in [0, 0.1) is 0 Å². The molecule has 114 valence electrons. The summed E-state index contributed by atoms with van der Waals surface area (Å²) in [5, 5.41) is 7.90. The largest absolute Gasteiger partial charge is 0.376 e. The molecule has 0 unspecified atom stereocenters.